The number of rotatable bonds is 5. The van der Waals surface area contributed by atoms with E-state index in [1.807, 2.05) is 30.3 Å². The third-order valence-electron chi connectivity index (χ3n) is 4.32. The highest BCUT2D eigenvalue weighted by Crippen LogP contribution is 2.18. The summed E-state index contributed by atoms with van der Waals surface area (Å²) in [5.74, 6) is 0.790. The highest BCUT2D eigenvalue weighted by Gasteiger charge is 2.17. The third kappa shape index (κ3) is 4.23. The van der Waals surface area contributed by atoms with Gasteiger partial charge < -0.3 is 9.64 Å². The summed E-state index contributed by atoms with van der Waals surface area (Å²) >= 11 is 0. The Balaban J connectivity index is 1.43. The van der Waals surface area contributed by atoms with Crippen LogP contribution in [0.15, 0.2) is 48.5 Å². The van der Waals surface area contributed by atoms with Gasteiger partial charge in [0.1, 0.15) is 18.2 Å². The van der Waals surface area contributed by atoms with E-state index in [0.29, 0.717) is 6.61 Å². The highest BCUT2D eigenvalue weighted by molar-refractivity contribution is 5.46. The number of aryl methyl sites for hydroxylation is 1. The second-order valence-electron chi connectivity index (χ2n) is 5.92. The Kier molecular flexibility index (Phi) is 5.13. The van der Waals surface area contributed by atoms with Crippen LogP contribution in [0.4, 0.5) is 10.1 Å². The molecule has 4 heteroatoms. The monoisotopic (exact) mass is 314 g/mol. The zero-order chi connectivity index (χ0) is 16.1. The molecule has 23 heavy (non-hydrogen) atoms. The van der Waals surface area contributed by atoms with Gasteiger partial charge in [-0.1, -0.05) is 18.2 Å². The molecule has 0 saturated carbocycles. The van der Waals surface area contributed by atoms with E-state index in [1.54, 1.807) is 0 Å². The van der Waals surface area contributed by atoms with E-state index in [4.69, 9.17) is 4.74 Å². The summed E-state index contributed by atoms with van der Waals surface area (Å²) in [6, 6.07) is 14.9. The van der Waals surface area contributed by atoms with Crippen molar-refractivity contribution in [3.63, 3.8) is 0 Å². The van der Waals surface area contributed by atoms with Crippen molar-refractivity contribution in [3.05, 3.63) is 59.9 Å². The Hall–Kier alpha value is -2.07. The third-order valence-corrected chi connectivity index (χ3v) is 4.32. The molecule has 1 heterocycles. The first-order valence-electron chi connectivity index (χ1n) is 8.14. The minimum absolute atomic E-state index is 0.180. The van der Waals surface area contributed by atoms with Crippen LogP contribution in [0.5, 0.6) is 5.75 Å². The second-order valence-corrected chi connectivity index (χ2v) is 5.92. The maximum Gasteiger partial charge on any atom is 0.123 e. The van der Waals surface area contributed by atoms with Gasteiger partial charge in [-0.25, -0.2) is 4.39 Å². The number of anilines is 1. The van der Waals surface area contributed by atoms with Crippen LogP contribution in [-0.2, 0) is 0 Å². The summed E-state index contributed by atoms with van der Waals surface area (Å²) in [6.07, 6.45) is 0. The van der Waals surface area contributed by atoms with Crippen LogP contribution in [-0.4, -0.2) is 44.2 Å². The van der Waals surface area contributed by atoms with Gasteiger partial charge in [0.2, 0.25) is 0 Å². The van der Waals surface area contributed by atoms with Gasteiger partial charge in [0.25, 0.3) is 0 Å². The smallest absolute Gasteiger partial charge is 0.123 e. The van der Waals surface area contributed by atoms with Gasteiger partial charge in [-0.3, -0.25) is 4.90 Å². The van der Waals surface area contributed by atoms with Crippen LogP contribution in [0, 0.1) is 12.7 Å². The first-order chi connectivity index (χ1) is 11.2. The van der Waals surface area contributed by atoms with Crippen molar-refractivity contribution in [2.24, 2.45) is 0 Å². The highest BCUT2D eigenvalue weighted by atomic mass is 19.1. The first-order valence-corrected chi connectivity index (χ1v) is 8.14. The fraction of sp³-hybridized carbons (Fsp3) is 0.368. The maximum absolute atomic E-state index is 13.0. The van der Waals surface area contributed by atoms with E-state index >= 15 is 0 Å². The quantitative estimate of drug-likeness (QED) is 0.842. The summed E-state index contributed by atoms with van der Waals surface area (Å²) < 4.78 is 18.9. The van der Waals surface area contributed by atoms with E-state index in [2.05, 4.69) is 22.8 Å². The average molecular weight is 314 g/mol. The van der Waals surface area contributed by atoms with Crippen molar-refractivity contribution in [2.45, 2.75) is 6.92 Å². The van der Waals surface area contributed by atoms with Gasteiger partial charge in [0.05, 0.1) is 0 Å². The number of nitrogens with zero attached hydrogens (tertiary/aromatic N) is 2. The van der Waals surface area contributed by atoms with E-state index in [1.165, 1.54) is 17.7 Å². The van der Waals surface area contributed by atoms with Crippen LogP contribution >= 0.6 is 0 Å². The van der Waals surface area contributed by atoms with E-state index in [-0.39, 0.29) is 5.82 Å². The maximum atomic E-state index is 13.0. The Morgan fingerprint density at radius 3 is 2.35 bits per heavy atom. The zero-order valence-electron chi connectivity index (χ0n) is 13.5. The molecule has 1 fully saturated rings. The van der Waals surface area contributed by atoms with Gasteiger partial charge >= 0.3 is 0 Å². The Morgan fingerprint density at radius 1 is 0.957 bits per heavy atom. The SMILES string of the molecule is Cc1ccccc1OCCN1CCN(c2ccc(F)cc2)CC1. The molecule has 3 nitrogen and oxygen atoms in total. The van der Waals surface area contributed by atoms with Crippen molar-refractivity contribution in [1.29, 1.82) is 0 Å². The van der Waals surface area contributed by atoms with Gasteiger partial charge in [-0.2, -0.15) is 0 Å². The normalized spacial score (nSPS) is 15.7. The fourth-order valence-corrected chi connectivity index (χ4v) is 2.88. The largest absolute Gasteiger partial charge is 0.492 e. The number of hydrogen-bond acceptors (Lipinski definition) is 3. The number of benzene rings is 2. The molecule has 0 bridgehead atoms. The molecule has 0 unspecified atom stereocenters. The lowest BCUT2D eigenvalue weighted by molar-refractivity contribution is 0.200. The molecule has 0 radical (unpaired) electrons. The first kappa shape index (κ1) is 15.8. The van der Waals surface area contributed by atoms with E-state index < -0.39 is 0 Å². The number of para-hydroxylation sites is 1. The predicted molar refractivity (Wildman–Crippen MR) is 91.7 cm³/mol. The summed E-state index contributed by atoms with van der Waals surface area (Å²) in [4.78, 5) is 4.72. The predicted octanol–water partition coefficient (Wildman–Crippen LogP) is 3.34. The number of piperazine rings is 1. The Labute approximate surface area is 137 Å². The van der Waals surface area contributed by atoms with E-state index in [0.717, 1.165) is 44.2 Å². The summed E-state index contributed by atoms with van der Waals surface area (Å²) in [5.41, 5.74) is 2.27. The molecule has 1 saturated heterocycles. The zero-order valence-corrected chi connectivity index (χ0v) is 13.5. The van der Waals surface area contributed by atoms with Gasteiger partial charge in [0, 0.05) is 38.4 Å². The molecule has 0 aromatic heterocycles. The van der Waals surface area contributed by atoms with Crippen molar-refractivity contribution >= 4 is 5.69 Å². The van der Waals surface area contributed by atoms with Crippen molar-refractivity contribution in [2.75, 3.05) is 44.2 Å². The summed E-state index contributed by atoms with van der Waals surface area (Å²) in [5, 5.41) is 0. The van der Waals surface area contributed by atoms with Crippen LogP contribution in [0.25, 0.3) is 0 Å². The van der Waals surface area contributed by atoms with Crippen LogP contribution in [0.3, 0.4) is 0 Å². The number of ether oxygens (including phenoxy) is 1. The molecule has 2 aromatic carbocycles. The minimum Gasteiger partial charge on any atom is -0.492 e. The molecular weight excluding hydrogens is 291 g/mol. The average Bonchev–Trinajstić information content (AvgIpc) is 2.58. The molecule has 1 aliphatic heterocycles. The van der Waals surface area contributed by atoms with Crippen LogP contribution in [0.2, 0.25) is 0 Å². The topological polar surface area (TPSA) is 15.7 Å². The van der Waals surface area contributed by atoms with Crippen LogP contribution < -0.4 is 9.64 Å². The summed E-state index contributed by atoms with van der Waals surface area (Å²) in [6.45, 7) is 7.67. The van der Waals surface area contributed by atoms with Crippen LogP contribution in [0.1, 0.15) is 5.56 Å². The molecule has 0 amide bonds. The Bertz CT molecular complexity index is 622. The number of hydrogen-bond donors (Lipinski definition) is 0. The molecular formula is C19H23FN2O. The van der Waals surface area contributed by atoms with Gasteiger partial charge in [-0.15, -0.1) is 0 Å². The van der Waals surface area contributed by atoms with Crippen molar-refractivity contribution < 1.29 is 9.13 Å². The van der Waals surface area contributed by atoms with Crippen molar-refractivity contribution in [3.8, 4) is 5.75 Å². The molecule has 0 aliphatic carbocycles. The van der Waals surface area contributed by atoms with Crippen molar-refractivity contribution in [1.82, 2.24) is 4.90 Å². The molecule has 122 valence electrons. The molecule has 3 rings (SSSR count). The molecule has 1 aliphatic rings. The van der Waals surface area contributed by atoms with E-state index in [9.17, 15) is 4.39 Å². The number of halogens is 1. The van der Waals surface area contributed by atoms with Gasteiger partial charge in [0.15, 0.2) is 0 Å². The molecule has 0 atom stereocenters. The molecule has 0 N–H and O–H groups in total. The Morgan fingerprint density at radius 2 is 1.65 bits per heavy atom. The standard InChI is InChI=1S/C19H23FN2O/c1-16-4-2-3-5-19(16)23-15-14-21-10-12-22(13-11-21)18-8-6-17(20)7-9-18/h2-9H,10-15H2,1H3. The second kappa shape index (κ2) is 7.47. The lowest BCUT2D eigenvalue weighted by Gasteiger charge is -2.36. The minimum atomic E-state index is -0.180. The lowest BCUT2D eigenvalue weighted by atomic mass is 10.2. The molecule has 0 spiro atoms. The fourth-order valence-electron chi connectivity index (χ4n) is 2.88. The summed E-state index contributed by atoms with van der Waals surface area (Å²) in [7, 11) is 0. The molecule has 2 aromatic rings. The lowest BCUT2D eigenvalue weighted by Crippen LogP contribution is -2.47. The van der Waals surface area contributed by atoms with Gasteiger partial charge in [-0.05, 0) is 42.8 Å².